The molecule has 2 aliphatic heterocycles. The number of carbonyl (C=O) groups is 8. The van der Waals surface area contributed by atoms with Gasteiger partial charge < -0.3 is 54.8 Å². The lowest BCUT2D eigenvalue weighted by molar-refractivity contribution is -0.143. The molecular formula is C69H93ClN12O17S2. The van der Waals surface area contributed by atoms with Crippen LogP contribution >= 0.6 is 11.6 Å². The Morgan fingerprint density at radius 1 is 0.554 bits per heavy atom. The molecule has 2 aromatic carbocycles. The van der Waals surface area contributed by atoms with Crippen molar-refractivity contribution in [1.82, 2.24) is 60.9 Å². The molecule has 6 N–H and O–H groups in total. The zero-order valence-corrected chi connectivity index (χ0v) is 61.8. The molecule has 4 aromatic rings. The molecule has 6 aliphatic rings. The maximum atomic E-state index is 14.5. The second-order valence-corrected chi connectivity index (χ2v) is 35.4. The van der Waals surface area contributed by atoms with Crippen LogP contribution in [0.5, 0.6) is 17.6 Å². The molecule has 8 amide bonds. The van der Waals surface area contributed by atoms with Gasteiger partial charge in [-0.1, -0.05) is 95.6 Å². The summed E-state index contributed by atoms with van der Waals surface area (Å²) in [5.41, 5.74) is -6.46. The molecule has 2 aromatic heterocycles. The molecule has 101 heavy (non-hydrogen) atoms. The summed E-state index contributed by atoms with van der Waals surface area (Å²) in [6.45, 7) is 31.9. The number of hydrogen-bond donors (Lipinski definition) is 6. The fourth-order valence-electron chi connectivity index (χ4n) is 12.2. The van der Waals surface area contributed by atoms with Gasteiger partial charge in [-0.2, -0.15) is 0 Å². The number of amides is 8. The lowest BCUT2D eigenvalue weighted by atomic mass is 9.85. The molecule has 0 spiro atoms. The zero-order chi connectivity index (χ0) is 74.5. The molecule has 550 valence electrons. The monoisotopic (exact) mass is 1460 g/mol. The van der Waals surface area contributed by atoms with Crippen LogP contribution in [0.4, 0.5) is 9.59 Å². The number of nitrogens with one attached hydrogen (secondary N) is 6. The Balaban J connectivity index is 0.000000236. The van der Waals surface area contributed by atoms with Gasteiger partial charge in [-0.3, -0.25) is 38.2 Å². The first kappa shape index (κ1) is 76.7. The van der Waals surface area contributed by atoms with Crippen LogP contribution in [0.2, 0.25) is 5.15 Å². The van der Waals surface area contributed by atoms with Crippen molar-refractivity contribution < 1.29 is 78.9 Å². The van der Waals surface area contributed by atoms with E-state index in [-0.39, 0.29) is 61.8 Å². The first-order chi connectivity index (χ1) is 46.9. The number of rotatable bonds is 22. The van der Waals surface area contributed by atoms with Crippen molar-refractivity contribution in [2.45, 2.75) is 224 Å². The van der Waals surface area contributed by atoms with E-state index in [4.69, 9.17) is 35.3 Å². The third-order valence-electron chi connectivity index (χ3n) is 17.9. The molecule has 10 atom stereocenters. The first-order valence-electron chi connectivity index (χ1n) is 33.7. The molecule has 2 unspecified atom stereocenters. The normalized spacial score (nSPS) is 24.1. The van der Waals surface area contributed by atoms with Gasteiger partial charge in [0.05, 0.1) is 40.5 Å². The Morgan fingerprint density at radius 2 is 0.901 bits per heavy atom. The number of likely N-dealkylation sites (tertiary alicyclic amines) is 2. The molecular weight excluding hydrogens is 1370 g/mol. The van der Waals surface area contributed by atoms with E-state index in [0.717, 1.165) is 0 Å². The highest BCUT2D eigenvalue weighted by atomic mass is 35.5. The number of hydrogen-bond acceptors (Lipinski definition) is 21. The Bertz CT molecular complexity index is 4160. The highest BCUT2D eigenvalue weighted by molar-refractivity contribution is 7.91. The second-order valence-electron chi connectivity index (χ2n) is 31.1. The van der Waals surface area contributed by atoms with Gasteiger partial charge in [-0.05, 0) is 123 Å². The van der Waals surface area contributed by atoms with Crippen LogP contribution in [0.25, 0.3) is 21.5 Å². The number of benzene rings is 2. The fourth-order valence-corrected chi connectivity index (χ4v) is 15.1. The minimum absolute atomic E-state index is 0.0159. The molecule has 10 rings (SSSR count). The quantitative estimate of drug-likeness (QED) is 0.0450. The average Bonchev–Trinajstić information content (AvgIpc) is 1.58. The lowest BCUT2D eigenvalue weighted by Gasteiger charge is -2.36. The van der Waals surface area contributed by atoms with Crippen molar-refractivity contribution in [2.24, 2.45) is 22.7 Å². The topological polar surface area (TPSA) is 381 Å². The molecule has 6 fully saturated rings. The number of alkyl carbamates (subject to hydrolysis) is 2. The number of nitrogens with zero attached hydrogens (tertiary/aromatic N) is 6. The molecule has 0 radical (unpaired) electrons. The summed E-state index contributed by atoms with van der Waals surface area (Å²) < 4.78 is 84.3. The van der Waals surface area contributed by atoms with Crippen LogP contribution < -0.4 is 44.9 Å². The maximum absolute atomic E-state index is 14.5. The standard InChI is InChI=1S/C36H50N6O9S.C33H43ClN6O8S/c1-10-21-18-36(21,32(45)41-52(47,48)23-15-16-23)38-28(43)26-17-22(50-30-25-14-12-11-13-24(25)29(39-40-30)49-20(2)3)19-42(26)31(44)27(34(4,5)6)37-33(46)51-35(7,8)9;1-8-18-16-33(18,29(43)39-49(45,46)20-13-14-20)36-26(41)23-15-19(47-27-22-12-10-9-11-21(22)25(34)37-38-27)17-40(23)28(42)24(31(2,3)4)35-30(44)48-32(5,6)7/h10-14,20-23,26-27H,1,15-19H2,2-9H3,(H,37,46)(H,38,43)(H,41,45);8-12,18-20,23-24H,1,13-17H2,2-7H3,(H,35,44)(H,36,41)(H,39,43)/t21?,22-,26+,27-,36-;18?,19-,23+,24-,33-/m11/s1. The Hall–Kier alpha value is -8.45. The van der Waals surface area contributed by atoms with Crippen molar-refractivity contribution in [3.8, 4) is 17.6 Å². The fraction of sp³-hybridized carbons (Fsp3) is 0.594. The van der Waals surface area contributed by atoms with E-state index in [9.17, 15) is 55.2 Å². The Kier molecular flexibility index (Phi) is 21.8. The average molecular weight is 1460 g/mol. The molecule has 32 heteroatoms. The van der Waals surface area contributed by atoms with Crippen molar-refractivity contribution in [3.63, 3.8) is 0 Å². The highest BCUT2D eigenvalue weighted by Crippen LogP contribution is 2.47. The number of fused-ring (bicyclic) bond motifs is 2. The van der Waals surface area contributed by atoms with Gasteiger partial charge >= 0.3 is 12.2 Å². The molecule has 2 saturated heterocycles. The van der Waals surface area contributed by atoms with E-state index < -0.39 is 159 Å². The van der Waals surface area contributed by atoms with Crippen LogP contribution in [-0.2, 0) is 58.3 Å². The summed E-state index contributed by atoms with van der Waals surface area (Å²) >= 11 is 6.25. The number of aromatic nitrogens is 4. The van der Waals surface area contributed by atoms with Crippen LogP contribution in [0.3, 0.4) is 0 Å². The van der Waals surface area contributed by atoms with Crippen molar-refractivity contribution in [2.75, 3.05) is 13.1 Å². The lowest BCUT2D eigenvalue weighted by Crippen LogP contribution is -2.60. The number of carbonyl (C=O) groups excluding carboxylic acids is 8. The van der Waals surface area contributed by atoms with Crippen LogP contribution in [0, 0.1) is 22.7 Å². The summed E-state index contributed by atoms with van der Waals surface area (Å²) in [7, 11) is -7.81. The summed E-state index contributed by atoms with van der Waals surface area (Å²) in [6.07, 6.45) is 1.69. The summed E-state index contributed by atoms with van der Waals surface area (Å²) in [5.74, 6) is -4.68. The van der Waals surface area contributed by atoms with Gasteiger partial charge in [0.15, 0.2) is 5.15 Å². The third kappa shape index (κ3) is 18.1. The van der Waals surface area contributed by atoms with E-state index in [1.165, 1.54) is 22.0 Å². The molecule has 0 bridgehead atoms. The number of halogens is 1. The van der Waals surface area contributed by atoms with E-state index in [2.05, 4.69) is 64.3 Å². The molecule has 4 saturated carbocycles. The summed E-state index contributed by atoms with van der Waals surface area (Å²) in [6, 6.07) is 9.74. The Morgan fingerprint density at radius 3 is 1.24 bits per heavy atom. The van der Waals surface area contributed by atoms with Crippen LogP contribution in [0.1, 0.15) is 148 Å². The van der Waals surface area contributed by atoms with Gasteiger partial charge in [-0.25, -0.2) is 26.4 Å². The summed E-state index contributed by atoms with van der Waals surface area (Å²) in [5, 5.41) is 28.8. The first-order valence-corrected chi connectivity index (χ1v) is 37.2. The van der Waals surface area contributed by atoms with Gasteiger partial charge in [-0.15, -0.1) is 33.6 Å². The van der Waals surface area contributed by atoms with Gasteiger partial charge in [0.25, 0.3) is 11.8 Å². The second kappa shape index (κ2) is 28.8. The third-order valence-corrected chi connectivity index (χ3v) is 21.8. The minimum atomic E-state index is -3.91. The Labute approximate surface area is 593 Å². The van der Waals surface area contributed by atoms with Crippen molar-refractivity contribution >= 4 is 101 Å². The van der Waals surface area contributed by atoms with E-state index in [1.54, 1.807) is 113 Å². The predicted octanol–water partition coefficient (Wildman–Crippen LogP) is 6.61. The molecule has 29 nitrogen and oxygen atoms in total. The SMILES string of the molecule is C=CC1C[C@]1(NC(=O)[C@@H]1C[C@@H](Oc2nnc(Cl)c3ccccc23)CN1C(=O)[C@@H](NC(=O)OC(C)(C)C)C(C)(C)C)C(=O)NS(=O)(=O)C1CC1.C=CC1C[C@]1(NC(=O)[C@@H]1C[C@@H](Oc2nnc(OC(C)C)c3ccccc23)CN1C(=O)[C@@H](NC(=O)OC(C)(C)C)C(C)(C)C)C(=O)NS(=O)(=O)C1CC1. The molecule has 4 heterocycles. The van der Waals surface area contributed by atoms with Gasteiger partial charge in [0.2, 0.25) is 61.3 Å². The number of sulfonamides is 2. The zero-order valence-electron chi connectivity index (χ0n) is 59.4. The largest absolute Gasteiger partial charge is 0.473 e. The predicted molar refractivity (Wildman–Crippen MR) is 373 cm³/mol. The smallest absolute Gasteiger partial charge is 0.408 e. The van der Waals surface area contributed by atoms with Crippen molar-refractivity contribution in [3.05, 3.63) is 79.0 Å². The van der Waals surface area contributed by atoms with Gasteiger partial charge in [0.1, 0.15) is 58.7 Å². The summed E-state index contributed by atoms with van der Waals surface area (Å²) in [4.78, 5) is 113. The van der Waals surface area contributed by atoms with Crippen molar-refractivity contribution in [1.29, 1.82) is 0 Å². The maximum Gasteiger partial charge on any atom is 0.408 e. The van der Waals surface area contributed by atoms with Gasteiger partial charge in [0, 0.05) is 35.4 Å². The van der Waals surface area contributed by atoms with E-state index in [0.29, 0.717) is 53.1 Å². The van der Waals surface area contributed by atoms with Crippen LogP contribution in [0.15, 0.2) is 73.8 Å². The highest BCUT2D eigenvalue weighted by Gasteiger charge is 2.64. The van der Waals surface area contributed by atoms with E-state index >= 15 is 0 Å². The molecule has 4 aliphatic carbocycles. The number of ether oxygens (including phenoxy) is 5. The van der Waals surface area contributed by atoms with E-state index in [1.807, 2.05) is 32.0 Å². The minimum Gasteiger partial charge on any atom is -0.473 e. The van der Waals surface area contributed by atoms with Crippen LogP contribution in [-0.4, -0.2) is 183 Å².